The third kappa shape index (κ3) is 3.35. The SMILES string of the molecule is COc1ccc(CNc2c(C)cc(Cl)nc2Cl)cc1C. The van der Waals surface area contributed by atoms with Gasteiger partial charge in [-0.3, -0.25) is 0 Å². The van der Waals surface area contributed by atoms with Crippen LogP contribution in [0.4, 0.5) is 5.69 Å². The number of pyridine rings is 1. The first-order valence-corrected chi connectivity index (χ1v) is 6.97. The standard InChI is InChI=1S/C15H16Cl2N2O/c1-9-6-11(4-5-12(9)20-3)8-18-14-10(2)7-13(16)19-15(14)17/h4-7,18H,8H2,1-3H3. The van der Waals surface area contributed by atoms with Gasteiger partial charge in [-0.2, -0.15) is 0 Å². The van der Waals surface area contributed by atoms with E-state index in [1.54, 1.807) is 13.2 Å². The molecule has 2 rings (SSSR count). The van der Waals surface area contributed by atoms with Gasteiger partial charge in [-0.25, -0.2) is 4.98 Å². The van der Waals surface area contributed by atoms with Crippen molar-refractivity contribution in [2.45, 2.75) is 20.4 Å². The Morgan fingerprint density at radius 1 is 1.15 bits per heavy atom. The molecule has 0 radical (unpaired) electrons. The number of nitrogens with zero attached hydrogens (tertiary/aromatic N) is 1. The molecule has 0 saturated heterocycles. The Morgan fingerprint density at radius 3 is 2.50 bits per heavy atom. The summed E-state index contributed by atoms with van der Waals surface area (Å²) in [6.07, 6.45) is 0. The Balaban J connectivity index is 2.15. The van der Waals surface area contributed by atoms with Gasteiger partial charge in [-0.1, -0.05) is 35.3 Å². The average molecular weight is 311 g/mol. The van der Waals surface area contributed by atoms with E-state index < -0.39 is 0 Å². The van der Waals surface area contributed by atoms with Gasteiger partial charge in [-0.15, -0.1) is 0 Å². The van der Waals surface area contributed by atoms with Crippen LogP contribution in [-0.4, -0.2) is 12.1 Å². The zero-order chi connectivity index (χ0) is 14.7. The van der Waals surface area contributed by atoms with Crippen molar-refractivity contribution in [1.29, 1.82) is 0 Å². The molecular weight excluding hydrogens is 295 g/mol. The second-order valence-corrected chi connectivity index (χ2v) is 5.33. The third-order valence-corrected chi connectivity index (χ3v) is 3.54. The van der Waals surface area contributed by atoms with Gasteiger partial charge in [0.25, 0.3) is 0 Å². The van der Waals surface area contributed by atoms with E-state index in [9.17, 15) is 0 Å². The van der Waals surface area contributed by atoms with Crippen molar-refractivity contribution in [1.82, 2.24) is 4.98 Å². The smallest absolute Gasteiger partial charge is 0.154 e. The van der Waals surface area contributed by atoms with Crippen LogP contribution in [0.1, 0.15) is 16.7 Å². The van der Waals surface area contributed by atoms with Crippen LogP contribution in [0.15, 0.2) is 24.3 Å². The molecule has 3 nitrogen and oxygen atoms in total. The Kier molecular flexibility index (Phi) is 4.73. The van der Waals surface area contributed by atoms with Crippen LogP contribution < -0.4 is 10.1 Å². The van der Waals surface area contributed by atoms with E-state index in [1.807, 2.05) is 26.0 Å². The summed E-state index contributed by atoms with van der Waals surface area (Å²) < 4.78 is 5.25. The van der Waals surface area contributed by atoms with Crippen molar-refractivity contribution in [3.05, 3.63) is 51.3 Å². The highest BCUT2D eigenvalue weighted by atomic mass is 35.5. The topological polar surface area (TPSA) is 34.1 Å². The zero-order valence-electron chi connectivity index (χ0n) is 11.6. The lowest BCUT2D eigenvalue weighted by Crippen LogP contribution is -2.03. The van der Waals surface area contributed by atoms with Gasteiger partial charge >= 0.3 is 0 Å². The van der Waals surface area contributed by atoms with Crippen molar-refractivity contribution < 1.29 is 4.74 Å². The van der Waals surface area contributed by atoms with E-state index in [0.29, 0.717) is 16.9 Å². The van der Waals surface area contributed by atoms with Crippen LogP contribution >= 0.6 is 23.2 Å². The summed E-state index contributed by atoms with van der Waals surface area (Å²) in [5.41, 5.74) is 4.03. The van der Waals surface area contributed by atoms with Crippen molar-refractivity contribution in [2.75, 3.05) is 12.4 Å². The van der Waals surface area contributed by atoms with E-state index in [-0.39, 0.29) is 0 Å². The summed E-state index contributed by atoms with van der Waals surface area (Å²) in [4.78, 5) is 4.04. The molecule has 0 bridgehead atoms. The predicted molar refractivity (Wildman–Crippen MR) is 84.1 cm³/mol. The molecule has 0 unspecified atom stereocenters. The zero-order valence-corrected chi connectivity index (χ0v) is 13.1. The molecule has 1 heterocycles. The molecule has 1 aromatic heterocycles. The monoisotopic (exact) mass is 310 g/mol. The molecule has 1 N–H and O–H groups in total. The Morgan fingerprint density at radius 2 is 1.90 bits per heavy atom. The van der Waals surface area contributed by atoms with Gasteiger partial charge in [0.15, 0.2) is 5.15 Å². The normalized spacial score (nSPS) is 10.4. The molecule has 0 saturated carbocycles. The van der Waals surface area contributed by atoms with Crippen LogP contribution in [0.5, 0.6) is 5.75 Å². The maximum absolute atomic E-state index is 6.10. The molecule has 0 spiro atoms. The minimum atomic E-state index is 0.389. The highest BCUT2D eigenvalue weighted by molar-refractivity contribution is 6.34. The quantitative estimate of drug-likeness (QED) is 0.836. The minimum absolute atomic E-state index is 0.389. The number of nitrogens with one attached hydrogen (secondary N) is 1. The highest BCUT2D eigenvalue weighted by Crippen LogP contribution is 2.27. The van der Waals surface area contributed by atoms with Gasteiger partial charge in [0.1, 0.15) is 10.9 Å². The Labute approximate surface area is 128 Å². The Bertz CT molecular complexity index is 606. The summed E-state index contributed by atoms with van der Waals surface area (Å²) in [5, 5.41) is 4.09. The second kappa shape index (κ2) is 6.33. The van der Waals surface area contributed by atoms with Gasteiger partial charge < -0.3 is 10.1 Å². The van der Waals surface area contributed by atoms with Crippen LogP contribution in [0.3, 0.4) is 0 Å². The molecular formula is C15H16Cl2N2O. The number of methoxy groups -OCH3 is 1. The van der Waals surface area contributed by atoms with Gasteiger partial charge in [0.2, 0.25) is 0 Å². The van der Waals surface area contributed by atoms with Crippen LogP contribution in [-0.2, 0) is 6.54 Å². The Hall–Kier alpha value is -1.45. The lowest BCUT2D eigenvalue weighted by molar-refractivity contribution is 0.411. The average Bonchev–Trinajstić information content (AvgIpc) is 2.37. The van der Waals surface area contributed by atoms with Gasteiger partial charge in [0, 0.05) is 6.54 Å². The van der Waals surface area contributed by atoms with Crippen LogP contribution in [0.25, 0.3) is 0 Å². The van der Waals surface area contributed by atoms with E-state index in [2.05, 4.69) is 16.4 Å². The molecule has 0 atom stereocenters. The largest absolute Gasteiger partial charge is 0.496 e. The van der Waals surface area contributed by atoms with Crippen LogP contribution in [0.2, 0.25) is 10.3 Å². The summed E-state index contributed by atoms with van der Waals surface area (Å²) >= 11 is 12.0. The van der Waals surface area contributed by atoms with Crippen molar-refractivity contribution in [3.8, 4) is 5.75 Å². The molecule has 2 aromatic rings. The number of anilines is 1. The molecule has 0 fully saturated rings. The molecule has 0 amide bonds. The van der Waals surface area contributed by atoms with Gasteiger partial charge in [0.05, 0.1) is 12.8 Å². The molecule has 5 heteroatoms. The molecule has 1 aromatic carbocycles. The first-order chi connectivity index (χ1) is 9.51. The molecule has 0 aliphatic heterocycles. The summed E-state index contributed by atoms with van der Waals surface area (Å²) in [5.74, 6) is 0.885. The van der Waals surface area contributed by atoms with E-state index >= 15 is 0 Å². The number of aromatic nitrogens is 1. The van der Waals surface area contributed by atoms with Crippen molar-refractivity contribution in [3.63, 3.8) is 0 Å². The third-order valence-electron chi connectivity index (χ3n) is 3.07. The fraction of sp³-hybridized carbons (Fsp3) is 0.267. The van der Waals surface area contributed by atoms with Crippen molar-refractivity contribution in [2.24, 2.45) is 0 Å². The van der Waals surface area contributed by atoms with Gasteiger partial charge in [-0.05, 0) is 42.7 Å². The molecule has 20 heavy (non-hydrogen) atoms. The summed E-state index contributed by atoms with van der Waals surface area (Å²) in [7, 11) is 1.67. The maximum Gasteiger partial charge on any atom is 0.154 e. The number of hydrogen-bond acceptors (Lipinski definition) is 3. The lowest BCUT2D eigenvalue weighted by atomic mass is 10.1. The van der Waals surface area contributed by atoms with E-state index in [4.69, 9.17) is 27.9 Å². The molecule has 0 aliphatic rings. The first-order valence-electron chi connectivity index (χ1n) is 6.21. The fourth-order valence-corrected chi connectivity index (χ4v) is 2.65. The molecule has 0 aliphatic carbocycles. The number of halogens is 2. The summed E-state index contributed by atoms with van der Waals surface area (Å²) in [6, 6.07) is 7.85. The number of hydrogen-bond donors (Lipinski definition) is 1. The second-order valence-electron chi connectivity index (χ2n) is 4.59. The number of aryl methyl sites for hydroxylation is 2. The predicted octanol–water partition coefficient (Wildman–Crippen LogP) is 4.63. The number of ether oxygens (including phenoxy) is 1. The minimum Gasteiger partial charge on any atom is -0.496 e. The van der Waals surface area contributed by atoms with Crippen LogP contribution in [0, 0.1) is 13.8 Å². The lowest BCUT2D eigenvalue weighted by Gasteiger charge is -2.12. The fourth-order valence-electron chi connectivity index (χ4n) is 2.05. The van der Waals surface area contributed by atoms with E-state index in [0.717, 1.165) is 28.1 Å². The number of benzene rings is 1. The number of rotatable bonds is 4. The molecule has 106 valence electrons. The summed E-state index contributed by atoms with van der Waals surface area (Å²) in [6.45, 7) is 4.63. The highest BCUT2D eigenvalue weighted by Gasteiger charge is 2.08. The maximum atomic E-state index is 6.10. The first kappa shape index (κ1) is 14.9. The van der Waals surface area contributed by atoms with E-state index in [1.165, 1.54) is 0 Å². The van der Waals surface area contributed by atoms with Crippen molar-refractivity contribution >= 4 is 28.9 Å².